The Balaban J connectivity index is 2.33. The molecule has 0 aliphatic heterocycles. The van der Waals surface area contributed by atoms with Gasteiger partial charge in [0.25, 0.3) is 0 Å². The zero-order valence-electron chi connectivity index (χ0n) is 8.05. The van der Waals surface area contributed by atoms with Gasteiger partial charge in [-0.3, -0.25) is 4.68 Å². The molecule has 0 atom stereocenters. The highest BCUT2D eigenvalue weighted by Crippen LogP contribution is 2.30. The molecule has 0 aromatic carbocycles. The summed E-state index contributed by atoms with van der Waals surface area (Å²) in [6.07, 6.45) is 4.79. The van der Waals surface area contributed by atoms with Crippen LogP contribution in [0, 0.1) is 0 Å². The Kier molecular flexibility index (Phi) is 2.47. The highest BCUT2D eigenvalue weighted by Gasteiger charge is 2.30. The van der Waals surface area contributed by atoms with Gasteiger partial charge in [0, 0.05) is 0 Å². The molecule has 1 aromatic heterocycles. The third kappa shape index (κ3) is 1.40. The molecule has 1 heterocycles. The van der Waals surface area contributed by atoms with E-state index < -0.39 is 7.12 Å². The van der Waals surface area contributed by atoms with Crippen LogP contribution in [0.2, 0.25) is 0 Å². The minimum atomic E-state index is -1.52. The van der Waals surface area contributed by atoms with Crippen molar-refractivity contribution in [2.45, 2.75) is 25.3 Å². The van der Waals surface area contributed by atoms with E-state index in [0.29, 0.717) is 17.4 Å². The van der Waals surface area contributed by atoms with Crippen LogP contribution in [0.5, 0.6) is 5.75 Å². The Morgan fingerprint density at radius 2 is 2.29 bits per heavy atom. The lowest BCUT2D eigenvalue weighted by atomic mass is 9.83. The fraction of sp³-hybridized carbons (Fsp3) is 0.625. The maximum absolute atomic E-state index is 9.19. The molecular formula is C8H13BN2O3. The first-order valence-electron chi connectivity index (χ1n) is 4.71. The van der Waals surface area contributed by atoms with E-state index in [1.807, 2.05) is 0 Å². The molecule has 14 heavy (non-hydrogen) atoms. The smallest absolute Gasteiger partial charge is 0.494 e. The third-order valence-corrected chi connectivity index (χ3v) is 2.68. The number of hydrogen-bond donors (Lipinski definition) is 2. The van der Waals surface area contributed by atoms with Gasteiger partial charge in [0.05, 0.1) is 19.3 Å². The van der Waals surface area contributed by atoms with E-state index in [-0.39, 0.29) is 0 Å². The number of nitrogens with zero attached hydrogens (tertiary/aromatic N) is 2. The Morgan fingerprint density at radius 3 is 2.71 bits per heavy atom. The van der Waals surface area contributed by atoms with Crippen LogP contribution in [0.3, 0.4) is 0 Å². The number of ether oxygens (including phenoxy) is 1. The predicted molar refractivity (Wildman–Crippen MR) is 51.5 cm³/mol. The molecule has 1 aliphatic rings. The zero-order chi connectivity index (χ0) is 10.1. The summed E-state index contributed by atoms with van der Waals surface area (Å²) in [6.45, 7) is 0. The zero-order valence-corrected chi connectivity index (χ0v) is 8.05. The summed E-state index contributed by atoms with van der Waals surface area (Å²) in [5.74, 6) is 0.437. The van der Waals surface area contributed by atoms with Crippen LogP contribution in [-0.2, 0) is 0 Å². The number of rotatable bonds is 3. The van der Waals surface area contributed by atoms with Crippen molar-refractivity contribution in [1.82, 2.24) is 9.78 Å². The van der Waals surface area contributed by atoms with Crippen LogP contribution >= 0.6 is 0 Å². The molecule has 0 amide bonds. The van der Waals surface area contributed by atoms with Crippen molar-refractivity contribution < 1.29 is 14.8 Å². The average molecular weight is 196 g/mol. The second-order valence-electron chi connectivity index (χ2n) is 3.50. The Morgan fingerprint density at radius 1 is 1.57 bits per heavy atom. The van der Waals surface area contributed by atoms with Gasteiger partial charge in [0.2, 0.25) is 0 Å². The van der Waals surface area contributed by atoms with E-state index in [1.165, 1.54) is 19.7 Å². The topological polar surface area (TPSA) is 67.5 Å². The molecule has 0 bridgehead atoms. The summed E-state index contributed by atoms with van der Waals surface area (Å²) in [5.41, 5.74) is 0.359. The van der Waals surface area contributed by atoms with Crippen LogP contribution in [0.4, 0.5) is 0 Å². The van der Waals surface area contributed by atoms with Crippen molar-refractivity contribution in [1.29, 1.82) is 0 Å². The van der Waals surface area contributed by atoms with E-state index in [4.69, 9.17) is 4.74 Å². The monoisotopic (exact) mass is 196 g/mol. The van der Waals surface area contributed by atoms with Crippen LogP contribution in [0.25, 0.3) is 0 Å². The summed E-state index contributed by atoms with van der Waals surface area (Å²) in [5, 5.41) is 22.5. The molecule has 1 saturated carbocycles. The summed E-state index contributed by atoms with van der Waals surface area (Å²) < 4.78 is 6.66. The molecule has 1 aromatic rings. The lowest BCUT2D eigenvalue weighted by Crippen LogP contribution is -2.40. The quantitative estimate of drug-likeness (QED) is 0.627. The van der Waals surface area contributed by atoms with Gasteiger partial charge in [0.15, 0.2) is 5.75 Å². The molecule has 0 radical (unpaired) electrons. The molecule has 0 saturated heterocycles. The molecule has 0 unspecified atom stereocenters. The van der Waals surface area contributed by atoms with Gasteiger partial charge >= 0.3 is 7.12 Å². The van der Waals surface area contributed by atoms with Gasteiger partial charge < -0.3 is 14.8 Å². The Bertz CT molecular complexity index is 322. The van der Waals surface area contributed by atoms with Crippen molar-refractivity contribution in [2.24, 2.45) is 0 Å². The lowest BCUT2D eigenvalue weighted by molar-refractivity contribution is 0.289. The van der Waals surface area contributed by atoms with Gasteiger partial charge in [0.1, 0.15) is 5.59 Å². The first kappa shape index (κ1) is 9.55. The molecule has 2 N–H and O–H groups in total. The van der Waals surface area contributed by atoms with Crippen molar-refractivity contribution >= 4 is 12.7 Å². The van der Waals surface area contributed by atoms with Crippen molar-refractivity contribution in [3.05, 3.63) is 6.20 Å². The molecule has 5 nitrogen and oxygen atoms in total. The van der Waals surface area contributed by atoms with Crippen LogP contribution in [0.1, 0.15) is 25.3 Å². The molecule has 0 spiro atoms. The normalized spacial score (nSPS) is 16.5. The molecule has 6 heteroatoms. The van der Waals surface area contributed by atoms with Crippen molar-refractivity contribution in [3.8, 4) is 5.75 Å². The second kappa shape index (κ2) is 3.63. The van der Waals surface area contributed by atoms with E-state index in [9.17, 15) is 10.0 Å². The van der Waals surface area contributed by atoms with Crippen LogP contribution in [-0.4, -0.2) is 34.1 Å². The minimum absolute atomic E-state index is 0.302. The summed E-state index contributed by atoms with van der Waals surface area (Å²) >= 11 is 0. The molecule has 1 fully saturated rings. The van der Waals surface area contributed by atoms with Gasteiger partial charge in [-0.05, 0) is 19.3 Å². The first-order valence-corrected chi connectivity index (χ1v) is 4.71. The SMILES string of the molecule is COc1cnn(C2CCC2)c1B(O)O. The number of aromatic nitrogens is 2. The van der Waals surface area contributed by atoms with Gasteiger partial charge in [-0.1, -0.05) is 0 Å². The van der Waals surface area contributed by atoms with E-state index in [2.05, 4.69) is 5.10 Å². The highest BCUT2D eigenvalue weighted by molar-refractivity contribution is 6.58. The maximum Gasteiger partial charge on any atom is 0.511 e. The molecule has 76 valence electrons. The van der Waals surface area contributed by atoms with Crippen molar-refractivity contribution in [3.63, 3.8) is 0 Å². The Hall–Kier alpha value is -1.01. The van der Waals surface area contributed by atoms with E-state index >= 15 is 0 Å². The maximum atomic E-state index is 9.19. The number of hydrogen-bond acceptors (Lipinski definition) is 4. The summed E-state index contributed by atoms with van der Waals surface area (Å²) in [4.78, 5) is 0. The van der Waals surface area contributed by atoms with Gasteiger partial charge in [-0.15, -0.1) is 0 Å². The number of methoxy groups -OCH3 is 1. The van der Waals surface area contributed by atoms with Crippen molar-refractivity contribution in [2.75, 3.05) is 7.11 Å². The molecular weight excluding hydrogens is 183 g/mol. The summed E-state index contributed by atoms with van der Waals surface area (Å²) in [7, 11) is -0.0263. The predicted octanol–water partition coefficient (Wildman–Crippen LogP) is -0.704. The van der Waals surface area contributed by atoms with E-state index in [1.54, 1.807) is 4.68 Å². The first-order chi connectivity index (χ1) is 6.74. The minimum Gasteiger partial charge on any atom is -0.494 e. The highest BCUT2D eigenvalue weighted by atomic mass is 16.5. The second-order valence-corrected chi connectivity index (χ2v) is 3.50. The fourth-order valence-electron chi connectivity index (χ4n) is 1.68. The van der Waals surface area contributed by atoms with Gasteiger partial charge in [-0.2, -0.15) is 5.10 Å². The van der Waals surface area contributed by atoms with Gasteiger partial charge in [-0.25, -0.2) is 0 Å². The standard InChI is InChI=1S/C8H13BN2O3/c1-14-7-5-10-11(6-3-2-4-6)8(7)9(12)13/h5-6,12-13H,2-4H2,1H3. The van der Waals surface area contributed by atoms with Crippen LogP contribution < -0.4 is 10.3 Å². The summed E-state index contributed by atoms with van der Waals surface area (Å²) in [6, 6.07) is 0.302. The third-order valence-electron chi connectivity index (χ3n) is 2.68. The van der Waals surface area contributed by atoms with Crippen LogP contribution in [0.15, 0.2) is 6.20 Å². The van der Waals surface area contributed by atoms with E-state index in [0.717, 1.165) is 12.8 Å². The average Bonchev–Trinajstić information content (AvgIpc) is 2.44. The molecule has 2 rings (SSSR count). The lowest BCUT2D eigenvalue weighted by Gasteiger charge is -2.27. The largest absolute Gasteiger partial charge is 0.511 e. The fourth-order valence-corrected chi connectivity index (χ4v) is 1.68. The molecule has 1 aliphatic carbocycles. The Labute approximate surface area is 82.5 Å².